The van der Waals surface area contributed by atoms with Crippen molar-refractivity contribution in [2.75, 3.05) is 6.61 Å². The van der Waals surface area contributed by atoms with Gasteiger partial charge in [-0.2, -0.15) is 5.10 Å². The minimum atomic E-state index is -1.63. The maximum absolute atomic E-state index is 13.0. The summed E-state index contributed by atoms with van der Waals surface area (Å²) in [6.45, 7) is 1.78. The Morgan fingerprint density at radius 1 is 1.09 bits per heavy atom. The summed E-state index contributed by atoms with van der Waals surface area (Å²) >= 11 is 5.89. The number of amides is 1. The van der Waals surface area contributed by atoms with Crippen LogP contribution in [0.3, 0.4) is 0 Å². The molecule has 0 bridgehead atoms. The van der Waals surface area contributed by atoms with Crippen molar-refractivity contribution in [3.8, 4) is 0 Å². The molecule has 0 spiro atoms. The molecule has 2 aromatic carbocycles. The number of rotatable bonds is 10. The van der Waals surface area contributed by atoms with E-state index in [0.29, 0.717) is 5.02 Å². The first-order valence-electron chi connectivity index (χ1n) is 10.5. The molecule has 10 heteroatoms. The summed E-state index contributed by atoms with van der Waals surface area (Å²) in [6.07, 6.45) is -1.48. The van der Waals surface area contributed by atoms with Crippen LogP contribution < -0.4 is 5.32 Å². The second-order valence-corrected chi connectivity index (χ2v) is 7.91. The highest BCUT2D eigenvalue weighted by molar-refractivity contribution is 6.30. The summed E-state index contributed by atoms with van der Waals surface area (Å²) in [4.78, 5) is 36.8. The van der Waals surface area contributed by atoms with Gasteiger partial charge in [-0.15, -0.1) is 0 Å². The predicted octanol–water partition coefficient (Wildman–Crippen LogP) is 2.55. The van der Waals surface area contributed by atoms with Crippen molar-refractivity contribution in [1.82, 2.24) is 15.1 Å². The third-order valence-corrected chi connectivity index (χ3v) is 5.25. The molecular weight excluding hydrogens is 462 g/mol. The molecule has 0 aliphatic carbocycles. The van der Waals surface area contributed by atoms with Gasteiger partial charge in [0.1, 0.15) is 5.69 Å². The summed E-state index contributed by atoms with van der Waals surface area (Å²) in [7, 11) is 0. The van der Waals surface area contributed by atoms with E-state index in [0.717, 1.165) is 17.2 Å². The standard InChI is InChI=1S/C24H24ClN3O6/c1-2-34-24(33)21(29)18(12-15-6-4-3-5-7-15)26-22(30)19-13-20(23(31)32)28(27-19)14-16-8-10-17(25)11-9-16/h3-11,13,18,21,29H,2,12,14H2,1H3,(H,26,30)(H,31,32)/t18-,21-/m1/s1. The Labute approximate surface area is 200 Å². The third-order valence-electron chi connectivity index (χ3n) is 5.00. The zero-order valence-corrected chi connectivity index (χ0v) is 19.1. The Morgan fingerprint density at radius 3 is 2.38 bits per heavy atom. The number of esters is 1. The van der Waals surface area contributed by atoms with Gasteiger partial charge in [0, 0.05) is 11.1 Å². The number of hydrogen-bond donors (Lipinski definition) is 3. The number of ether oxygens (including phenoxy) is 1. The first-order chi connectivity index (χ1) is 16.3. The highest BCUT2D eigenvalue weighted by Gasteiger charge is 2.30. The van der Waals surface area contributed by atoms with Crippen molar-refractivity contribution in [3.05, 3.63) is 88.2 Å². The van der Waals surface area contributed by atoms with Crippen LogP contribution in [-0.2, 0) is 22.5 Å². The molecule has 3 N–H and O–H groups in total. The van der Waals surface area contributed by atoms with Crippen LogP contribution >= 0.6 is 11.6 Å². The highest BCUT2D eigenvalue weighted by atomic mass is 35.5. The molecule has 0 unspecified atom stereocenters. The van der Waals surface area contributed by atoms with Gasteiger partial charge in [-0.25, -0.2) is 9.59 Å². The van der Waals surface area contributed by atoms with E-state index in [1.165, 1.54) is 4.68 Å². The van der Waals surface area contributed by atoms with E-state index in [9.17, 15) is 24.6 Å². The largest absolute Gasteiger partial charge is 0.477 e. The van der Waals surface area contributed by atoms with Gasteiger partial charge in [0.25, 0.3) is 5.91 Å². The van der Waals surface area contributed by atoms with Crippen molar-refractivity contribution in [1.29, 1.82) is 0 Å². The number of aliphatic hydroxyl groups excluding tert-OH is 1. The van der Waals surface area contributed by atoms with Gasteiger partial charge in [0.2, 0.25) is 0 Å². The maximum atomic E-state index is 13.0. The summed E-state index contributed by atoms with van der Waals surface area (Å²) in [5.41, 5.74) is 1.16. The van der Waals surface area contributed by atoms with Crippen LogP contribution in [0.25, 0.3) is 0 Å². The van der Waals surface area contributed by atoms with Crippen molar-refractivity contribution < 1.29 is 29.3 Å². The number of aromatic nitrogens is 2. The number of hydrogen-bond acceptors (Lipinski definition) is 6. The number of halogens is 1. The average Bonchev–Trinajstić information content (AvgIpc) is 3.25. The number of aliphatic hydroxyl groups is 1. The van der Waals surface area contributed by atoms with Crippen molar-refractivity contribution in [3.63, 3.8) is 0 Å². The first-order valence-corrected chi connectivity index (χ1v) is 10.9. The molecule has 2 atom stereocenters. The molecule has 0 aliphatic rings. The van der Waals surface area contributed by atoms with E-state index in [-0.39, 0.29) is 31.0 Å². The number of benzene rings is 2. The molecule has 1 heterocycles. The molecule has 3 rings (SSSR count). The van der Waals surface area contributed by atoms with Crippen LogP contribution in [0, 0.1) is 0 Å². The molecule has 0 saturated carbocycles. The van der Waals surface area contributed by atoms with Crippen molar-refractivity contribution >= 4 is 29.4 Å². The Hall–Kier alpha value is -3.69. The molecule has 0 fully saturated rings. The maximum Gasteiger partial charge on any atom is 0.354 e. The van der Waals surface area contributed by atoms with E-state index >= 15 is 0 Å². The van der Waals surface area contributed by atoms with Gasteiger partial charge in [0.05, 0.1) is 19.2 Å². The number of carbonyl (C=O) groups is 3. The monoisotopic (exact) mass is 485 g/mol. The van der Waals surface area contributed by atoms with Crippen LogP contribution in [0.15, 0.2) is 60.7 Å². The second-order valence-electron chi connectivity index (χ2n) is 7.47. The number of aromatic carboxylic acids is 1. The van der Waals surface area contributed by atoms with Crippen molar-refractivity contribution in [2.45, 2.75) is 32.0 Å². The summed E-state index contributed by atoms with van der Waals surface area (Å²) in [5, 5.41) is 27.3. The summed E-state index contributed by atoms with van der Waals surface area (Å²) in [6, 6.07) is 15.9. The molecule has 34 heavy (non-hydrogen) atoms. The number of carboxylic acid groups (broad SMARTS) is 1. The van der Waals surface area contributed by atoms with Gasteiger partial charge >= 0.3 is 11.9 Å². The summed E-state index contributed by atoms with van der Waals surface area (Å²) in [5.74, 6) is -2.86. The van der Waals surface area contributed by atoms with Gasteiger partial charge in [0.15, 0.2) is 11.8 Å². The van der Waals surface area contributed by atoms with Crippen LogP contribution in [0.5, 0.6) is 0 Å². The second kappa shape index (κ2) is 11.4. The lowest BCUT2D eigenvalue weighted by atomic mass is 10.0. The minimum absolute atomic E-state index is 0.0684. The lowest BCUT2D eigenvalue weighted by Gasteiger charge is -2.22. The topological polar surface area (TPSA) is 131 Å². The van der Waals surface area contributed by atoms with Crippen LogP contribution in [0.4, 0.5) is 0 Å². The third kappa shape index (κ3) is 6.43. The first kappa shape index (κ1) is 24.9. The molecular formula is C24H24ClN3O6. The molecule has 1 aromatic heterocycles. The quantitative estimate of drug-likeness (QED) is 0.376. The zero-order chi connectivity index (χ0) is 24.7. The lowest BCUT2D eigenvalue weighted by molar-refractivity contribution is -0.154. The Bertz CT molecular complexity index is 1150. The normalized spacial score (nSPS) is 12.6. The van der Waals surface area contributed by atoms with E-state index in [1.54, 1.807) is 55.5 Å². The van der Waals surface area contributed by atoms with E-state index in [4.69, 9.17) is 16.3 Å². The SMILES string of the molecule is CCOC(=O)[C@H](O)[C@@H](Cc1ccccc1)NC(=O)c1cc(C(=O)O)n(Cc2ccc(Cl)cc2)n1. The number of nitrogens with zero attached hydrogens (tertiary/aromatic N) is 2. The molecule has 0 radical (unpaired) electrons. The molecule has 178 valence electrons. The van der Waals surface area contributed by atoms with Gasteiger partial charge in [-0.05, 0) is 36.6 Å². The molecule has 3 aromatic rings. The van der Waals surface area contributed by atoms with E-state index in [2.05, 4.69) is 10.4 Å². The zero-order valence-electron chi connectivity index (χ0n) is 18.3. The lowest BCUT2D eigenvalue weighted by Crippen LogP contribution is -2.49. The fourth-order valence-electron chi connectivity index (χ4n) is 3.33. The van der Waals surface area contributed by atoms with Crippen LogP contribution in [-0.4, -0.2) is 56.6 Å². The van der Waals surface area contributed by atoms with Crippen LogP contribution in [0.2, 0.25) is 5.02 Å². The molecule has 9 nitrogen and oxygen atoms in total. The Kier molecular flexibility index (Phi) is 8.39. The fourth-order valence-corrected chi connectivity index (χ4v) is 3.45. The number of carbonyl (C=O) groups excluding carboxylic acids is 2. The van der Waals surface area contributed by atoms with E-state index in [1.807, 2.05) is 6.07 Å². The van der Waals surface area contributed by atoms with E-state index < -0.39 is 30.0 Å². The minimum Gasteiger partial charge on any atom is -0.477 e. The van der Waals surface area contributed by atoms with Crippen LogP contribution in [0.1, 0.15) is 39.0 Å². The molecule has 0 aliphatic heterocycles. The Balaban J connectivity index is 1.84. The van der Waals surface area contributed by atoms with Gasteiger partial charge in [-0.1, -0.05) is 54.1 Å². The fraction of sp³-hybridized carbons (Fsp3) is 0.250. The molecule has 1 amide bonds. The molecule has 0 saturated heterocycles. The smallest absolute Gasteiger partial charge is 0.354 e. The highest BCUT2D eigenvalue weighted by Crippen LogP contribution is 2.14. The van der Waals surface area contributed by atoms with Crippen molar-refractivity contribution in [2.24, 2.45) is 0 Å². The Morgan fingerprint density at radius 2 is 1.76 bits per heavy atom. The average molecular weight is 486 g/mol. The number of carboxylic acids is 1. The van der Waals surface area contributed by atoms with Gasteiger partial charge < -0.3 is 20.3 Å². The van der Waals surface area contributed by atoms with Gasteiger partial charge in [-0.3, -0.25) is 9.48 Å². The number of nitrogens with one attached hydrogen (secondary N) is 1. The summed E-state index contributed by atoms with van der Waals surface area (Å²) < 4.78 is 6.08. The predicted molar refractivity (Wildman–Crippen MR) is 124 cm³/mol.